The van der Waals surface area contributed by atoms with Crippen molar-refractivity contribution in [3.05, 3.63) is 78.4 Å². The van der Waals surface area contributed by atoms with Gasteiger partial charge in [0.05, 0.1) is 11.2 Å². The molecule has 0 radical (unpaired) electrons. The zero-order chi connectivity index (χ0) is 15.8. The SMILES string of the molecule is Cc1nccc(-c2cccc(-n3cc(C)c4ccccc43)c2)n1. The van der Waals surface area contributed by atoms with Crippen molar-refractivity contribution in [1.82, 2.24) is 14.5 Å². The van der Waals surface area contributed by atoms with Crippen molar-refractivity contribution in [2.24, 2.45) is 0 Å². The van der Waals surface area contributed by atoms with Gasteiger partial charge in [0.25, 0.3) is 0 Å². The largest absolute Gasteiger partial charge is 0.316 e. The van der Waals surface area contributed by atoms with E-state index in [1.807, 2.05) is 13.0 Å². The topological polar surface area (TPSA) is 30.7 Å². The van der Waals surface area contributed by atoms with Crippen LogP contribution in [0.5, 0.6) is 0 Å². The maximum Gasteiger partial charge on any atom is 0.125 e. The van der Waals surface area contributed by atoms with Crippen molar-refractivity contribution in [1.29, 1.82) is 0 Å². The van der Waals surface area contributed by atoms with E-state index in [0.717, 1.165) is 22.8 Å². The van der Waals surface area contributed by atoms with Crippen molar-refractivity contribution in [2.75, 3.05) is 0 Å². The Morgan fingerprint density at radius 3 is 2.65 bits per heavy atom. The van der Waals surface area contributed by atoms with E-state index in [1.165, 1.54) is 16.5 Å². The van der Waals surface area contributed by atoms with Gasteiger partial charge >= 0.3 is 0 Å². The van der Waals surface area contributed by atoms with Gasteiger partial charge in [0.15, 0.2) is 0 Å². The molecule has 0 aliphatic carbocycles. The molecule has 0 N–H and O–H groups in total. The fourth-order valence-corrected chi connectivity index (χ4v) is 3.00. The first-order valence-corrected chi connectivity index (χ1v) is 7.69. The van der Waals surface area contributed by atoms with Crippen LogP contribution in [0.2, 0.25) is 0 Å². The number of fused-ring (bicyclic) bond motifs is 1. The lowest BCUT2D eigenvalue weighted by Crippen LogP contribution is -1.94. The Bertz CT molecular complexity index is 999. The number of nitrogens with zero attached hydrogens (tertiary/aromatic N) is 3. The number of benzene rings is 2. The zero-order valence-corrected chi connectivity index (χ0v) is 13.2. The summed E-state index contributed by atoms with van der Waals surface area (Å²) in [5.41, 5.74) is 5.70. The highest BCUT2D eigenvalue weighted by Crippen LogP contribution is 2.26. The lowest BCUT2D eigenvalue weighted by atomic mass is 10.1. The molecule has 0 aliphatic heterocycles. The van der Waals surface area contributed by atoms with E-state index >= 15 is 0 Å². The highest BCUT2D eigenvalue weighted by molar-refractivity contribution is 5.85. The lowest BCUT2D eigenvalue weighted by Gasteiger charge is -2.08. The van der Waals surface area contributed by atoms with Crippen LogP contribution < -0.4 is 0 Å². The van der Waals surface area contributed by atoms with E-state index < -0.39 is 0 Å². The van der Waals surface area contributed by atoms with E-state index in [9.17, 15) is 0 Å². The number of hydrogen-bond acceptors (Lipinski definition) is 2. The molecule has 4 rings (SSSR count). The first kappa shape index (κ1) is 13.7. The maximum atomic E-state index is 4.53. The molecule has 0 saturated carbocycles. The van der Waals surface area contributed by atoms with Crippen LogP contribution in [0.4, 0.5) is 0 Å². The van der Waals surface area contributed by atoms with Gasteiger partial charge in [-0.15, -0.1) is 0 Å². The number of aromatic nitrogens is 3. The van der Waals surface area contributed by atoms with Gasteiger partial charge in [-0.2, -0.15) is 0 Å². The molecular weight excluding hydrogens is 282 g/mol. The number of para-hydroxylation sites is 1. The Morgan fingerprint density at radius 2 is 1.78 bits per heavy atom. The summed E-state index contributed by atoms with van der Waals surface area (Å²) in [5, 5.41) is 1.29. The second kappa shape index (κ2) is 5.36. The normalized spacial score (nSPS) is 11.0. The molecule has 0 aliphatic rings. The van der Waals surface area contributed by atoms with E-state index in [0.29, 0.717) is 0 Å². The third-order valence-electron chi connectivity index (χ3n) is 4.11. The molecule has 112 valence electrons. The van der Waals surface area contributed by atoms with Gasteiger partial charge < -0.3 is 4.57 Å². The van der Waals surface area contributed by atoms with Crippen LogP contribution in [-0.2, 0) is 0 Å². The van der Waals surface area contributed by atoms with Gasteiger partial charge in [0, 0.05) is 29.0 Å². The number of aryl methyl sites for hydroxylation is 2. The highest BCUT2D eigenvalue weighted by atomic mass is 15.0. The van der Waals surface area contributed by atoms with Gasteiger partial charge in [-0.25, -0.2) is 9.97 Å². The van der Waals surface area contributed by atoms with E-state index in [2.05, 4.69) is 76.2 Å². The van der Waals surface area contributed by atoms with Crippen LogP contribution in [0, 0.1) is 13.8 Å². The van der Waals surface area contributed by atoms with Gasteiger partial charge in [-0.1, -0.05) is 30.3 Å². The van der Waals surface area contributed by atoms with Gasteiger partial charge in [0.2, 0.25) is 0 Å². The van der Waals surface area contributed by atoms with Crippen LogP contribution in [0.25, 0.3) is 27.8 Å². The van der Waals surface area contributed by atoms with Crippen molar-refractivity contribution >= 4 is 10.9 Å². The van der Waals surface area contributed by atoms with E-state index in [1.54, 1.807) is 6.20 Å². The molecule has 2 aromatic carbocycles. The number of rotatable bonds is 2. The average molecular weight is 299 g/mol. The summed E-state index contributed by atoms with van der Waals surface area (Å²) in [6, 6.07) is 18.9. The van der Waals surface area contributed by atoms with Gasteiger partial charge in [0.1, 0.15) is 5.82 Å². The minimum atomic E-state index is 0.787. The molecule has 2 heterocycles. The standard InChI is InChI=1S/C20H17N3/c1-14-13-23(20-9-4-3-8-18(14)20)17-7-5-6-16(12-17)19-10-11-21-15(2)22-19/h3-13H,1-2H3. The van der Waals surface area contributed by atoms with Crippen molar-refractivity contribution < 1.29 is 0 Å². The molecule has 3 nitrogen and oxygen atoms in total. The molecule has 0 spiro atoms. The molecule has 0 saturated heterocycles. The molecule has 4 aromatic rings. The lowest BCUT2D eigenvalue weighted by molar-refractivity contribution is 1.06. The minimum absolute atomic E-state index is 0.787. The number of hydrogen-bond donors (Lipinski definition) is 0. The van der Waals surface area contributed by atoms with Crippen molar-refractivity contribution in [3.8, 4) is 16.9 Å². The first-order valence-electron chi connectivity index (χ1n) is 7.69. The third-order valence-corrected chi connectivity index (χ3v) is 4.11. The van der Waals surface area contributed by atoms with Gasteiger partial charge in [-0.3, -0.25) is 0 Å². The van der Waals surface area contributed by atoms with E-state index in [4.69, 9.17) is 0 Å². The molecule has 3 heteroatoms. The van der Waals surface area contributed by atoms with Crippen LogP contribution in [0.1, 0.15) is 11.4 Å². The second-order valence-electron chi connectivity index (χ2n) is 5.74. The maximum absolute atomic E-state index is 4.53. The van der Waals surface area contributed by atoms with Crippen molar-refractivity contribution in [2.45, 2.75) is 13.8 Å². The van der Waals surface area contributed by atoms with E-state index in [-0.39, 0.29) is 0 Å². The molecule has 0 fully saturated rings. The summed E-state index contributed by atoms with van der Waals surface area (Å²) in [7, 11) is 0. The smallest absolute Gasteiger partial charge is 0.125 e. The van der Waals surface area contributed by atoms with Crippen LogP contribution in [0.15, 0.2) is 67.0 Å². The Balaban J connectivity index is 1.88. The Labute approximate surface area is 135 Å². The first-order chi connectivity index (χ1) is 11.2. The fraction of sp³-hybridized carbons (Fsp3) is 0.100. The summed E-state index contributed by atoms with van der Waals surface area (Å²) in [5.74, 6) is 0.787. The summed E-state index contributed by atoms with van der Waals surface area (Å²) >= 11 is 0. The monoisotopic (exact) mass is 299 g/mol. The molecule has 2 aromatic heterocycles. The molecule has 0 amide bonds. The summed E-state index contributed by atoms with van der Waals surface area (Å²) in [6.07, 6.45) is 3.99. The minimum Gasteiger partial charge on any atom is -0.316 e. The fourth-order valence-electron chi connectivity index (χ4n) is 3.00. The van der Waals surface area contributed by atoms with Crippen LogP contribution >= 0.6 is 0 Å². The highest BCUT2D eigenvalue weighted by Gasteiger charge is 2.08. The predicted molar refractivity (Wildman–Crippen MR) is 93.8 cm³/mol. The summed E-state index contributed by atoms with van der Waals surface area (Å²) in [4.78, 5) is 8.70. The molecule has 0 bridgehead atoms. The molecule has 0 unspecified atom stereocenters. The summed E-state index contributed by atoms with van der Waals surface area (Å²) in [6.45, 7) is 4.06. The zero-order valence-electron chi connectivity index (χ0n) is 13.2. The molecule has 0 atom stereocenters. The average Bonchev–Trinajstić information content (AvgIpc) is 2.93. The van der Waals surface area contributed by atoms with Gasteiger partial charge in [-0.05, 0) is 43.7 Å². The Morgan fingerprint density at radius 1 is 0.913 bits per heavy atom. The summed E-state index contributed by atoms with van der Waals surface area (Å²) < 4.78 is 2.24. The van der Waals surface area contributed by atoms with Crippen molar-refractivity contribution in [3.63, 3.8) is 0 Å². The molecular formula is C20H17N3. The van der Waals surface area contributed by atoms with Crippen LogP contribution in [0.3, 0.4) is 0 Å². The predicted octanol–water partition coefficient (Wildman–Crippen LogP) is 4.70. The van der Waals surface area contributed by atoms with Crippen LogP contribution in [-0.4, -0.2) is 14.5 Å². The quantitative estimate of drug-likeness (QED) is 0.537. The Hall–Kier alpha value is -2.94. The second-order valence-corrected chi connectivity index (χ2v) is 5.74. The Kier molecular flexibility index (Phi) is 3.19. The third kappa shape index (κ3) is 2.40. The molecule has 23 heavy (non-hydrogen) atoms.